The van der Waals surface area contributed by atoms with Gasteiger partial charge in [-0.3, -0.25) is 38.8 Å². The van der Waals surface area contributed by atoms with Crippen LogP contribution in [0.2, 0.25) is 0 Å². The van der Waals surface area contributed by atoms with Crippen molar-refractivity contribution in [3.05, 3.63) is 0 Å². The molecule has 0 N–H and O–H groups in total. The molecule has 12 heteroatoms. The SMILES string of the molecule is CCCCCCCCCCN(CCCCCCCCCC)C(=O)CN1CCN(CC(=O)OC(C)(C)C)CCN(CC(=O)OC(C)(C)C)CCN(CC(=O)OC(C)(C)C)CC1. The highest BCUT2D eigenvalue weighted by Crippen LogP contribution is 2.14. The van der Waals surface area contributed by atoms with Crippen molar-refractivity contribution >= 4 is 23.8 Å². The molecule has 0 aliphatic carbocycles. The Hall–Kier alpha value is -2.28. The number of hydrogen-bond donors (Lipinski definition) is 0. The molecule has 1 rings (SSSR count). The second kappa shape index (κ2) is 30.7. The van der Waals surface area contributed by atoms with Crippen molar-refractivity contribution in [3.8, 4) is 0 Å². The molecule has 12 nitrogen and oxygen atoms in total. The molecule has 0 spiro atoms. The highest BCUT2D eigenvalue weighted by atomic mass is 16.6. The van der Waals surface area contributed by atoms with E-state index in [0.29, 0.717) is 52.4 Å². The van der Waals surface area contributed by atoms with Gasteiger partial charge in [0.1, 0.15) is 16.8 Å². The Bertz CT molecular complexity index is 1110. The van der Waals surface area contributed by atoms with E-state index in [9.17, 15) is 19.2 Å². The van der Waals surface area contributed by atoms with E-state index in [-0.39, 0.29) is 50.0 Å². The maximum atomic E-state index is 14.3. The van der Waals surface area contributed by atoms with Gasteiger partial charge in [0.15, 0.2) is 0 Å². The first kappa shape index (κ1) is 55.7. The van der Waals surface area contributed by atoms with Gasteiger partial charge in [-0.05, 0) is 75.2 Å². The summed E-state index contributed by atoms with van der Waals surface area (Å²) in [4.78, 5) is 64.2. The lowest BCUT2D eigenvalue weighted by atomic mass is 10.1. The molecule has 60 heavy (non-hydrogen) atoms. The van der Waals surface area contributed by atoms with E-state index in [1.54, 1.807) is 0 Å². The van der Waals surface area contributed by atoms with Crippen LogP contribution in [0.15, 0.2) is 0 Å². The van der Waals surface area contributed by atoms with Crippen LogP contribution in [0.25, 0.3) is 0 Å². The van der Waals surface area contributed by atoms with E-state index < -0.39 is 16.8 Å². The minimum absolute atomic E-state index is 0.0893. The molecular formula is C48H93N5O7. The topological polar surface area (TPSA) is 112 Å². The molecule has 1 heterocycles. The van der Waals surface area contributed by atoms with E-state index in [1.807, 2.05) is 67.2 Å². The summed E-state index contributed by atoms with van der Waals surface area (Å²) in [5.41, 5.74) is -1.85. The van der Waals surface area contributed by atoms with Gasteiger partial charge in [0.2, 0.25) is 5.91 Å². The van der Waals surface area contributed by atoms with Crippen LogP contribution in [0.3, 0.4) is 0 Å². The highest BCUT2D eigenvalue weighted by Gasteiger charge is 2.27. The molecule has 352 valence electrons. The summed E-state index contributed by atoms with van der Waals surface area (Å²) in [6, 6.07) is 0. The number of ether oxygens (including phenoxy) is 3. The van der Waals surface area contributed by atoms with Crippen LogP contribution in [0.4, 0.5) is 0 Å². The number of unbranched alkanes of at least 4 members (excludes halogenated alkanes) is 14. The number of amides is 1. The van der Waals surface area contributed by atoms with Crippen molar-refractivity contribution in [2.75, 3.05) is 91.6 Å². The van der Waals surface area contributed by atoms with E-state index in [0.717, 1.165) is 38.8 Å². The minimum atomic E-state index is -0.618. The molecule has 0 aromatic heterocycles. The molecule has 1 aliphatic rings. The molecule has 1 aliphatic heterocycles. The average Bonchev–Trinajstić information content (AvgIpc) is 3.11. The number of esters is 3. The van der Waals surface area contributed by atoms with Crippen molar-refractivity contribution in [3.63, 3.8) is 0 Å². The molecule has 1 fully saturated rings. The second-order valence-electron chi connectivity index (χ2n) is 20.2. The van der Waals surface area contributed by atoms with Gasteiger partial charge in [-0.15, -0.1) is 0 Å². The lowest BCUT2D eigenvalue weighted by molar-refractivity contribution is -0.158. The third-order valence-corrected chi connectivity index (χ3v) is 10.5. The molecule has 1 amide bonds. The Morgan fingerprint density at radius 3 is 0.867 bits per heavy atom. The largest absolute Gasteiger partial charge is 0.459 e. The van der Waals surface area contributed by atoms with Gasteiger partial charge in [0, 0.05) is 65.4 Å². The first-order chi connectivity index (χ1) is 28.2. The lowest BCUT2D eigenvalue weighted by Gasteiger charge is -2.35. The Labute approximate surface area is 368 Å². The summed E-state index contributed by atoms with van der Waals surface area (Å²) in [6.45, 7) is 27.6. The van der Waals surface area contributed by atoms with Gasteiger partial charge < -0.3 is 19.1 Å². The van der Waals surface area contributed by atoms with E-state index in [4.69, 9.17) is 14.2 Å². The first-order valence-electron chi connectivity index (χ1n) is 24.0. The standard InChI is InChI=1S/C48H93N5O7/c1-12-14-16-18-20-22-24-26-28-53(29-27-25-23-21-19-17-15-13-2)42(54)38-49-30-32-50(39-43(55)58-46(3,4)5)34-36-52(41-45(57)60-48(9,10)11)37-35-51(33-31-49)40-44(56)59-47(6,7)8/h12-41H2,1-11H3. The van der Waals surface area contributed by atoms with Crippen molar-refractivity contribution in [2.24, 2.45) is 0 Å². The Kier molecular flexibility index (Phi) is 28.5. The third-order valence-electron chi connectivity index (χ3n) is 10.5. The van der Waals surface area contributed by atoms with Gasteiger partial charge in [0.25, 0.3) is 0 Å². The van der Waals surface area contributed by atoms with E-state index in [1.165, 1.54) is 77.0 Å². The lowest BCUT2D eigenvalue weighted by Crippen LogP contribution is -2.51. The third kappa shape index (κ3) is 31.5. The quantitative estimate of drug-likeness (QED) is 0.0476. The van der Waals surface area contributed by atoms with E-state index >= 15 is 0 Å². The van der Waals surface area contributed by atoms with Gasteiger partial charge in [0.05, 0.1) is 26.2 Å². The molecule has 1 saturated heterocycles. The van der Waals surface area contributed by atoms with Gasteiger partial charge in [-0.25, -0.2) is 0 Å². The average molecular weight is 852 g/mol. The number of nitrogens with zero attached hydrogens (tertiary/aromatic N) is 5. The fourth-order valence-electron chi connectivity index (χ4n) is 7.41. The normalized spacial score (nSPS) is 16.2. The summed E-state index contributed by atoms with van der Waals surface area (Å²) < 4.78 is 17.2. The van der Waals surface area contributed by atoms with Crippen molar-refractivity contribution in [2.45, 2.75) is 196 Å². The molecule has 0 radical (unpaired) electrons. The van der Waals surface area contributed by atoms with Crippen LogP contribution in [0.1, 0.15) is 179 Å². The van der Waals surface area contributed by atoms with Crippen LogP contribution >= 0.6 is 0 Å². The summed E-state index contributed by atoms with van der Waals surface area (Å²) in [7, 11) is 0. The molecular weight excluding hydrogens is 759 g/mol. The van der Waals surface area contributed by atoms with Crippen LogP contribution in [0.5, 0.6) is 0 Å². The van der Waals surface area contributed by atoms with Crippen LogP contribution in [0, 0.1) is 0 Å². The van der Waals surface area contributed by atoms with Crippen molar-refractivity contribution < 1.29 is 33.4 Å². The van der Waals surface area contributed by atoms with Crippen molar-refractivity contribution in [1.29, 1.82) is 0 Å². The van der Waals surface area contributed by atoms with Gasteiger partial charge in [-0.1, -0.05) is 104 Å². The predicted molar refractivity (Wildman–Crippen MR) is 245 cm³/mol. The number of carbonyl (C=O) groups excluding carboxylic acids is 4. The number of hydrogen-bond acceptors (Lipinski definition) is 11. The van der Waals surface area contributed by atoms with Crippen LogP contribution in [-0.4, -0.2) is 157 Å². The minimum Gasteiger partial charge on any atom is -0.459 e. The highest BCUT2D eigenvalue weighted by molar-refractivity contribution is 5.78. The Morgan fingerprint density at radius 2 is 0.617 bits per heavy atom. The zero-order valence-corrected chi connectivity index (χ0v) is 40.8. The van der Waals surface area contributed by atoms with Gasteiger partial charge >= 0.3 is 17.9 Å². The zero-order valence-electron chi connectivity index (χ0n) is 40.8. The molecule has 0 unspecified atom stereocenters. The van der Waals surface area contributed by atoms with Crippen molar-refractivity contribution in [1.82, 2.24) is 24.5 Å². The maximum absolute atomic E-state index is 14.3. The van der Waals surface area contributed by atoms with Gasteiger partial charge in [-0.2, -0.15) is 0 Å². The molecule has 0 saturated carbocycles. The molecule has 0 aromatic rings. The van der Waals surface area contributed by atoms with E-state index in [2.05, 4.69) is 33.4 Å². The number of rotatable bonds is 26. The Balaban J connectivity index is 3.27. The predicted octanol–water partition coefficient (Wildman–Crippen LogP) is 8.34. The zero-order chi connectivity index (χ0) is 45.0. The summed E-state index contributed by atoms with van der Waals surface area (Å²) in [6.07, 6.45) is 19.6. The summed E-state index contributed by atoms with van der Waals surface area (Å²) >= 11 is 0. The molecule has 0 bridgehead atoms. The second-order valence-corrected chi connectivity index (χ2v) is 20.2. The molecule has 0 aromatic carbocycles. The fourth-order valence-corrected chi connectivity index (χ4v) is 7.41. The monoisotopic (exact) mass is 852 g/mol. The number of carbonyl (C=O) groups is 4. The Morgan fingerprint density at radius 1 is 0.383 bits per heavy atom. The van der Waals surface area contributed by atoms with Crippen LogP contribution < -0.4 is 0 Å². The maximum Gasteiger partial charge on any atom is 0.320 e. The first-order valence-corrected chi connectivity index (χ1v) is 24.0. The van der Waals surface area contributed by atoms with Crippen LogP contribution in [-0.2, 0) is 33.4 Å². The fraction of sp³-hybridized carbons (Fsp3) is 0.917. The molecule has 0 atom stereocenters. The summed E-state index contributed by atoms with van der Waals surface area (Å²) in [5, 5.41) is 0. The smallest absolute Gasteiger partial charge is 0.320 e. The summed E-state index contributed by atoms with van der Waals surface area (Å²) in [5.74, 6) is -0.781.